The number of ether oxygens (including phenoxy) is 1. The number of nitrogens with zero attached hydrogens (tertiary/aromatic N) is 1. The minimum atomic E-state index is -0.996. The molecule has 2 rings (SSSR count). The number of hydrogen-bond acceptors (Lipinski definition) is 3. The lowest BCUT2D eigenvalue weighted by molar-refractivity contribution is -0.130. The molecule has 1 N–H and O–H groups in total. The normalized spacial score (nSPS) is 22.6. The van der Waals surface area contributed by atoms with Crippen LogP contribution in [-0.4, -0.2) is 30.5 Å². The van der Waals surface area contributed by atoms with Crippen molar-refractivity contribution >= 4 is 11.9 Å². The van der Waals surface area contributed by atoms with Crippen molar-refractivity contribution in [2.45, 2.75) is 26.3 Å². The highest BCUT2D eigenvalue weighted by atomic mass is 16.5. The molecule has 0 aromatic heterocycles. The van der Waals surface area contributed by atoms with Gasteiger partial charge in [0, 0.05) is 6.54 Å². The van der Waals surface area contributed by atoms with E-state index in [9.17, 15) is 9.59 Å². The third kappa shape index (κ3) is 1.95. The average Bonchev–Trinajstić information content (AvgIpc) is 2.60. The molecular weight excluding hydrogens is 244 g/mol. The van der Waals surface area contributed by atoms with Crippen LogP contribution in [0.25, 0.3) is 0 Å². The second-order valence-corrected chi connectivity index (χ2v) is 4.79. The van der Waals surface area contributed by atoms with Gasteiger partial charge in [-0.3, -0.25) is 9.69 Å². The number of rotatable bonds is 3. The van der Waals surface area contributed by atoms with Crippen molar-refractivity contribution in [2.75, 3.05) is 13.7 Å². The summed E-state index contributed by atoms with van der Waals surface area (Å²) in [7, 11) is 1.60. The molecule has 19 heavy (non-hydrogen) atoms. The maximum atomic E-state index is 12.3. The van der Waals surface area contributed by atoms with Crippen LogP contribution < -0.4 is 10.1 Å². The van der Waals surface area contributed by atoms with E-state index >= 15 is 0 Å². The minimum Gasteiger partial charge on any atom is -0.496 e. The van der Waals surface area contributed by atoms with E-state index in [0.29, 0.717) is 6.54 Å². The highest BCUT2D eigenvalue weighted by Crippen LogP contribution is 2.31. The van der Waals surface area contributed by atoms with E-state index in [0.717, 1.165) is 16.9 Å². The molecule has 5 nitrogen and oxygen atoms in total. The van der Waals surface area contributed by atoms with E-state index in [4.69, 9.17) is 4.74 Å². The van der Waals surface area contributed by atoms with E-state index in [2.05, 4.69) is 5.32 Å². The van der Waals surface area contributed by atoms with Crippen LogP contribution in [-0.2, 0) is 10.3 Å². The van der Waals surface area contributed by atoms with Crippen LogP contribution in [0, 0.1) is 6.92 Å². The summed E-state index contributed by atoms with van der Waals surface area (Å²) in [5, 5.41) is 2.76. The fraction of sp³-hybridized carbons (Fsp3) is 0.429. The van der Waals surface area contributed by atoms with Gasteiger partial charge in [0.25, 0.3) is 5.91 Å². The van der Waals surface area contributed by atoms with E-state index in [1.165, 1.54) is 4.90 Å². The number of likely N-dealkylation sites (N-methyl/N-ethyl adjacent to an activating group) is 1. The van der Waals surface area contributed by atoms with Gasteiger partial charge < -0.3 is 10.1 Å². The Bertz CT molecular complexity index is 541. The van der Waals surface area contributed by atoms with Gasteiger partial charge in [0.2, 0.25) is 0 Å². The van der Waals surface area contributed by atoms with Crippen LogP contribution in [0.2, 0.25) is 0 Å². The van der Waals surface area contributed by atoms with Gasteiger partial charge in [0.15, 0.2) is 0 Å². The lowest BCUT2D eigenvalue weighted by Crippen LogP contribution is -2.40. The molecule has 3 amide bonds. The maximum Gasteiger partial charge on any atom is 0.325 e. The summed E-state index contributed by atoms with van der Waals surface area (Å²) >= 11 is 0. The van der Waals surface area contributed by atoms with Crippen LogP contribution in [0.4, 0.5) is 4.79 Å². The second-order valence-electron chi connectivity index (χ2n) is 4.79. The number of imide groups is 1. The Morgan fingerprint density at radius 3 is 2.53 bits per heavy atom. The molecule has 102 valence electrons. The monoisotopic (exact) mass is 262 g/mol. The van der Waals surface area contributed by atoms with E-state index in [1.807, 2.05) is 25.1 Å². The second kappa shape index (κ2) is 4.57. The van der Waals surface area contributed by atoms with E-state index < -0.39 is 5.54 Å². The molecule has 1 aromatic rings. The highest BCUT2D eigenvalue weighted by molar-refractivity contribution is 6.07. The Balaban J connectivity index is 2.44. The first kappa shape index (κ1) is 13.4. The molecule has 1 aliphatic heterocycles. The van der Waals surface area contributed by atoms with Crippen molar-refractivity contribution in [1.82, 2.24) is 10.2 Å². The Morgan fingerprint density at radius 2 is 2.05 bits per heavy atom. The van der Waals surface area contributed by atoms with Crippen molar-refractivity contribution in [2.24, 2.45) is 0 Å². The first-order valence-corrected chi connectivity index (χ1v) is 6.23. The first-order chi connectivity index (χ1) is 8.93. The zero-order chi connectivity index (χ0) is 14.2. The third-order valence-corrected chi connectivity index (χ3v) is 3.56. The number of aryl methyl sites for hydroxylation is 1. The summed E-state index contributed by atoms with van der Waals surface area (Å²) < 4.78 is 5.20. The van der Waals surface area contributed by atoms with Crippen molar-refractivity contribution in [3.8, 4) is 5.75 Å². The van der Waals surface area contributed by atoms with Gasteiger partial charge in [-0.2, -0.15) is 0 Å². The fourth-order valence-electron chi connectivity index (χ4n) is 2.37. The molecule has 1 unspecified atom stereocenters. The summed E-state index contributed by atoms with van der Waals surface area (Å²) in [5.74, 6) is 0.543. The van der Waals surface area contributed by atoms with E-state index in [-0.39, 0.29) is 11.9 Å². The number of amides is 3. The first-order valence-electron chi connectivity index (χ1n) is 6.23. The van der Waals surface area contributed by atoms with Gasteiger partial charge in [0.1, 0.15) is 11.3 Å². The Kier molecular flexibility index (Phi) is 3.22. The predicted octanol–water partition coefficient (Wildman–Crippen LogP) is 1.79. The number of hydrogen-bond donors (Lipinski definition) is 1. The summed E-state index contributed by atoms with van der Waals surface area (Å²) in [4.78, 5) is 25.4. The van der Waals surface area contributed by atoms with Crippen molar-refractivity contribution in [3.63, 3.8) is 0 Å². The lowest BCUT2D eigenvalue weighted by atomic mass is 9.90. The van der Waals surface area contributed by atoms with Gasteiger partial charge >= 0.3 is 6.03 Å². The standard InChI is InChI=1S/C14H18N2O3/c1-5-16-12(17)14(3,15-13(16)18)10-6-7-11(19-4)9(2)8-10/h6-8H,5H2,1-4H3,(H,15,18). The molecule has 1 saturated heterocycles. The topological polar surface area (TPSA) is 58.6 Å². The SMILES string of the molecule is CCN1C(=O)NC(C)(c2ccc(OC)c(C)c2)C1=O. The molecule has 0 spiro atoms. The average molecular weight is 262 g/mol. The molecular formula is C14H18N2O3. The molecule has 5 heteroatoms. The zero-order valence-corrected chi connectivity index (χ0v) is 11.6. The quantitative estimate of drug-likeness (QED) is 0.845. The highest BCUT2D eigenvalue weighted by Gasteiger charge is 2.48. The van der Waals surface area contributed by atoms with Crippen LogP contribution in [0.5, 0.6) is 5.75 Å². The molecule has 1 aromatic carbocycles. The van der Waals surface area contributed by atoms with Gasteiger partial charge in [-0.1, -0.05) is 6.07 Å². The van der Waals surface area contributed by atoms with Crippen molar-refractivity contribution in [1.29, 1.82) is 0 Å². The number of nitrogens with one attached hydrogen (secondary N) is 1. The summed E-state index contributed by atoms with van der Waals surface area (Å²) in [6, 6.07) is 5.15. The van der Waals surface area contributed by atoms with E-state index in [1.54, 1.807) is 21.0 Å². The minimum absolute atomic E-state index is 0.218. The summed E-state index contributed by atoms with van der Waals surface area (Å²) in [6.07, 6.45) is 0. The molecule has 1 fully saturated rings. The molecule has 0 radical (unpaired) electrons. The molecule has 0 aliphatic carbocycles. The Hall–Kier alpha value is -2.04. The number of benzene rings is 1. The van der Waals surface area contributed by atoms with Crippen molar-refractivity contribution < 1.29 is 14.3 Å². The Morgan fingerprint density at radius 1 is 1.37 bits per heavy atom. The maximum absolute atomic E-state index is 12.3. The summed E-state index contributed by atoms with van der Waals surface area (Å²) in [5.41, 5.74) is 0.697. The van der Waals surface area contributed by atoms with Crippen LogP contribution >= 0.6 is 0 Å². The molecule has 0 bridgehead atoms. The van der Waals surface area contributed by atoms with Gasteiger partial charge in [-0.25, -0.2) is 4.79 Å². The van der Waals surface area contributed by atoms with Gasteiger partial charge in [-0.15, -0.1) is 0 Å². The van der Waals surface area contributed by atoms with Gasteiger partial charge in [0.05, 0.1) is 7.11 Å². The number of carbonyl (C=O) groups is 2. The van der Waals surface area contributed by atoms with Gasteiger partial charge in [-0.05, 0) is 44.0 Å². The molecule has 0 saturated carbocycles. The zero-order valence-electron chi connectivity index (χ0n) is 11.6. The molecule has 1 aliphatic rings. The number of urea groups is 1. The smallest absolute Gasteiger partial charge is 0.325 e. The predicted molar refractivity (Wildman–Crippen MR) is 71.0 cm³/mol. The number of methoxy groups -OCH3 is 1. The molecule has 1 atom stereocenters. The third-order valence-electron chi connectivity index (χ3n) is 3.56. The van der Waals surface area contributed by atoms with Crippen LogP contribution in [0.3, 0.4) is 0 Å². The van der Waals surface area contributed by atoms with Crippen LogP contribution in [0.15, 0.2) is 18.2 Å². The largest absolute Gasteiger partial charge is 0.496 e. The van der Waals surface area contributed by atoms with Crippen LogP contribution in [0.1, 0.15) is 25.0 Å². The Labute approximate surface area is 112 Å². The van der Waals surface area contributed by atoms with Crippen molar-refractivity contribution in [3.05, 3.63) is 29.3 Å². The molecule has 1 heterocycles. The summed E-state index contributed by atoms with van der Waals surface area (Å²) in [6.45, 7) is 5.78. The lowest BCUT2D eigenvalue weighted by Gasteiger charge is -2.23. The number of carbonyl (C=O) groups excluding carboxylic acids is 2. The fourth-order valence-corrected chi connectivity index (χ4v) is 2.37.